The number of carbonyl (C=O) groups is 2. The second kappa shape index (κ2) is 11.5. The highest BCUT2D eigenvalue weighted by molar-refractivity contribution is 5.97. The molecule has 0 amide bonds. The first kappa shape index (κ1) is 22.8. The zero-order valence-electron chi connectivity index (χ0n) is 17.4. The van der Waals surface area contributed by atoms with Crippen LogP contribution in [-0.4, -0.2) is 22.2 Å². The van der Waals surface area contributed by atoms with Crippen LogP contribution in [0.15, 0.2) is 36.4 Å². The molecule has 0 radical (unpaired) electrons. The van der Waals surface area contributed by atoms with Gasteiger partial charge in [-0.3, -0.25) is 0 Å². The number of hydrogen-bond acceptors (Lipinski definition) is 2. The van der Waals surface area contributed by atoms with E-state index in [9.17, 15) is 19.8 Å². The molecule has 0 saturated heterocycles. The average molecular weight is 402 g/mol. The van der Waals surface area contributed by atoms with E-state index in [0.717, 1.165) is 25.7 Å². The molecular formula is C26H26O4. The summed E-state index contributed by atoms with van der Waals surface area (Å²) in [6.45, 7) is 4.14. The summed E-state index contributed by atoms with van der Waals surface area (Å²) in [5.74, 6) is 10.0. The topological polar surface area (TPSA) is 74.6 Å². The minimum Gasteiger partial charge on any atom is -0.478 e. The van der Waals surface area contributed by atoms with Crippen molar-refractivity contribution in [2.75, 3.05) is 0 Å². The quantitative estimate of drug-likeness (QED) is 0.451. The van der Waals surface area contributed by atoms with Gasteiger partial charge in [0.2, 0.25) is 0 Å². The van der Waals surface area contributed by atoms with Crippen LogP contribution in [0.4, 0.5) is 0 Å². The van der Waals surface area contributed by atoms with Crippen LogP contribution in [0.3, 0.4) is 0 Å². The fourth-order valence-corrected chi connectivity index (χ4v) is 3.01. The van der Waals surface area contributed by atoms with Gasteiger partial charge in [-0.05, 0) is 36.1 Å². The van der Waals surface area contributed by atoms with E-state index < -0.39 is 11.9 Å². The Hall–Kier alpha value is -3.50. The van der Waals surface area contributed by atoms with Crippen LogP contribution in [0.25, 0.3) is 11.1 Å². The largest absolute Gasteiger partial charge is 0.478 e. The van der Waals surface area contributed by atoms with Gasteiger partial charge < -0.3 is 10.2 Å². The molecular weight excluding hydrogens is 376 g/mol. The van der Waals surface area contributed by atoms with Gasteiger partial charge in [0.1, 0.15) is 0 Å². The minimum atomic E-state index is -1.07. The van der Waals surface area contributed by atoms with Gasteiger partial charge in [0.05, 0.1) is 11.1 Å². The zero-order chi connectivity index (χ0) is 21.9. The zero-order valence-corrected chi connectivity index (χ0v) is 17.4. The van der Waals surface area contributed by atoms with E-state index in [-0.39, 0.29) is 11.1 Å². The summed E-state index contributed by atoms with van der Waals surface area (Å²) in [4.78, 5) is 23.6. The molecule has 4 nitrogen and oxygen atoms in total. The Bertz CT molecular complexity index is 957. The SMILES string of the molecule is CCCCC#Cc1c(C(=O)O)cccc1-c1cccc(C(=O)O)c1C#CCCCC. The van der Waals surface area contributed by atoms with E-state index in [2.05, 4.69) is 37.5 Å². The Morgan fingerprint density at radius 3 is 1.47 bits per heavy atom. The smallest absolute Gasteiger partial charge is 0.336 e. The van der Waals surface area contributed by atoms with Crippen molar-refractivity contribution in [1.29, 1.82) is 0 Å². The number of aromatic carboxylic acids is 2. The normalized spacial score (nSPS) is 9.80. The molecule has 0 aliphatic carbocycles. The maximum Gasteiger partial charge on any atom is 0.336 e. The fraction of sp³-hybridized carbons (Fsp3) is 0.308. The predicted octanol–water partition coefficient (Wildman–Crippen LogP) is 5.83. The van der Waals surface area contributed by atoms with Gasteiger partial charge in [0.25, 0.3) is 0 Å². The van der Waals surface area contributed by atoms with Crippen molar-refractivity contribution >= 4 is 11.9 Å². The Balaban J connectivity index is 2.73. The van der Waals surface area contributed by atoms with Crippen molar-refractivity contribution in [1.82, 2.24) is 0 Å². The van der Waals surface area contributed by atoms with Gasteiger partial charge in [-0.2, -0.15) is 0 Å². The maximum atomic E-state index is 11.8. The van der Waals surface area contributed by atoms with E-state index >= 15 is 0 Å². The van der Waals surface area contributed by atoms with Crippen molar-refractivity contribution in [2.45, 2.75) is 52.4 Å². The molecule has 0 aliphatic rings. The minimum absolute atomic E-state index is 0.0992. The Labute approximate surface area is 178 Å². The summed E-state index contributed by atoms with van der Waals surface area (Å²) in [5.41, 5.74) is 2.15. The Morgan fingerprint density at radius 2 is 1.13 bits per heavy atom. The van der Waals surface area contributed by atoms with E-state index in [4.69, 9.17) is 0 Å². The van der Waals surface area contributed by atoms with Crippen LogP contribution in [0, 0.1) is 23.7 Å². The molecule has 154 valence electrons. The fourth-order valence-electron chi connectivity index (χ4n) is 3.01. The highest BCUT2D eigenvalue weighted by Crippen LogP contribution is 2.31. The van der Waals surface area contributed by atoms with Gasteiger partial charge in [-0.15, -0.1) is 0 Å². The molecule has 0 heterocycles. The Morgan fingerprint density at radius 1 is 0.733 bits per heavy atom. The molecule has 4 heteroatoms. The molecule has 2 rings (SSSR count). The van der Waals surface area contributed by atoms with E-state index in [1.807, 2.05) is 0 Å². The second-order valence-electron chi connectivity index (χ2n) is 6.88. The first-order chi connectivity index (χ1) is 14.5. The summed E-state index contributed by atoms with van der Waals surface area (Å²) in [6, 6.07) is 9.88. The molecule has 0 bridgehead atoms. The third-order valence-electron chi connectivity index (χ3n) is 4.62. The van der Waals surface area contributed by atoms with Crippen molar-refractivity contribution in [3.8, 4) is 34.8 Å². The summed E-state index contributed by atoms with van der Waals surface area (Å²) >= 11 is 0. The maximum absolute atomic E-state index is 11.8. The number of hydrogen-bond donors (Lipinski definition) is 2. The van der Waals surface area contributed by atoms with E-state index in [1.54, 1.807) is 24.3 Å². The molecule has 0 atom stereocenters. The van der Waals surface area contributed by atoms with Crippen LogP contribution in [0.2, 0.25) is 0 Å². The highest BCUT2D eigenvalue weighted by atomic mass is 16.4. The molecule has 0 aliphatic heterocycles. The molecule has 2 aromatic carbocycles. The van der Waals surface area contributed by atoms with Crippen molar-refractivity contribution in [2.24, 2.45) is 0 Å². The number of carboxylic acid groups (broad SMARTS) is 2. The second-order valence-corrected chi connectivity index (χ2v) is 6.88. The lowest BCUT2D eigenvalue weighted by molar-refractivity contribution is 0.0685. The summed E-state index contributed by atoms with van der Waals surface area (Å²) in [7, 11) is 0. The third-order valence-corrected chi connectivity index (χ3v) is 4.62. The lowest BCUT2D eigenvalue weighted by Crippen LogP contribution is -2.05. The molecule has 0 unspecified atom stereocenters. The number of carboxylic acids is 2. The number of benzene rings is 2. The Kier molecular flexibility index (Phi) is 8.73. The van der Waals surface area contributed by atoms with Crippen LogP contribution in [-0.2, 0) is 0 Å². The van der Waals surface area contributed by atoms with Crippen molar-refractivity contribution in [3.05, 3.63) is 58.7 Å². The summed E-state index contributed by atoms with van der Waals surface area (Å²) in [6.07, 6.45) is 5.20. The molecule has 0 saturated carbocycles. The van der Waals surface area contributed by atoms with Crippen LogP contribution < -0.4 is 0 Å². The van der Waals surface area contributed by atoms with Crippen LogP contribution in [0.1, 0.15) is 84.2 Å². The molecule has 2 aromatic rings. The molecule has 30 heavy (non-hydrogen) atoms. The van der Waals surface area contributed by atoms with Crippen molar-refractivity contribution < 1.29 is 19.8 Å². The first-order valence-electron chi connectivity index (χ1n) is 10.2. The van der Waals surface area contributed by atoms with E-state index in [0.29, 0.717) is 35.1 Å². The first-order valence-corrected chi connectivity index (χ1v) is 10.2. The van der Waals surface area contributed by atoms with Crippen LogP contribution >= 0.6 is 0 Å². The molecule has 0 fully saturated rings. The molecule has 0 aromatic heterocycles. The lowest BCUT2D eigenvalue weighted by Gasteiger charge is -2.12. The predicted molar refractivity (Wildman–Crippen MR) is 119 cm³/mol. The van der Waals surface area contributed by atoms with Gasteiger partial charge in [0.15, 0.2) is 0 Å². The van der Waals surface area contributed by atoms with Gasteiger partial charge in [-0.25, -0.2) is 9.59 Å². The highest BCUT2D eigenvalue weighted by Gasteiger charge is 2.19. The van der Waals surface area contributed by atoms with Gasteiger partial charge in [-0.1, -0.05) is 74.6 Å². The molecule has 0 spiro atoms. The standard InChI is InChI=1S/C26H26O4/c1-3-5-7-9-13-21-19(15-11-17-23(21)25(27)28)20-16-12-18-24(26(29)30)22(20)14-10-8-6-4-2/h11-12,15-18H,3-8H2,1-2H3,(H,27,28)(H,29,30). The number of rotatable bonds is 7. The average Bonchev–Trinajstić information content (AvgIpc) is 2.74. The van der Waals surface area contributed by atoms with Gasteiger partial charge in [0, 0.05) is 24.0 Å². The summed E-state index contributed by atoms with van der Waals surface area (Å²) in [5, 5.41) is 19.3. The van der Waals surface area contributed by atoms with E-state index in [1.165, 1.54) is 12.1 Å². The lowest BCUT2D eigenvalue weighted by atomic mass is 9.90. The summed E-state index contributed by atoms with van der Waals surface area (Å²) < 4.78 is 0. The monoisotopic (exact) mass is 402 g/mol. The van der Waals surface area contributed by atoms with Crippen LogP contribution in [0.5, 0.6) is 0 Å². The molecule has 2 N–H and O–H groups in total. The van der Waals surface area contributed by atoms with Crippen molar-refractivity contribution in [3.63, 3.8) is 0 Å². The third kappa shape index (κ3) is 5.75. The van der Waals surface area contributed by atoms with Gasteiger partial charge >= 0.3 is 11.9 Å². The number of unbranched alkanes of at least 4 members (excludes halogenated alkanes) is 4.